The van der Waals surface area contributed by atoms with E-state index in [1.54, 1.807) is 28.9 Å². The predicted octanol–water partition coefficient (Wildman–Crippen LogP) is 5.33. The smallest absolute Gasteiger partial charge is 0.335 e. The summed E-state index contributed by atoms with van der Waals surface area (Å²) < 4.78 is 8.24. The van der Waals surface area contributed by atoms with Gasteiger partial charge in [-0.1, -0.05) is 34.5 Å². The zero-order valence-electron chi connectivity index (χ0n) is 18.4. The SMILES string of the molecule is O=C(O)c1ccc(N2C[C@@H]3C[C@H]2C[C@H]3OCc2c(C3CC3)nnn2-c2c(Cl)cccc2Cl)cc1. The standard InChI is InChI=1S/C25H24Cl2N4O3/c26-19-2-1-3-20(27)24(19)31-21(23(28-29-31)14-4-5-14)13-34-22-11-18-10-16(22)12-30(18)17-8-6-15(7-9-17)25(32)33/h1-3,6-9,14,16,18,22H,4-5,10-13H2,(H,32,33)/t16-,18-,22+/m0/s1. The van der Waals surface area contributed by atoms with Crippen LogP contribution in [0.1, 0.15) is 53.3 Å². The van der Waals surface area contributed by atoms with E-state index in [1.807, 2.05) is 18.2 Å². The van der Waals surface area contributed by atoms with Crippen LogP contribution in [0.2, 0.25) is 10.0 Å². The summed E-state index contributed by atoms with van der Waals surface area (Å²) in [5.74, 6) is -0.0417. The van der Waals surface area contributed by atoms with Crippen LogP contribution in [0.25, 0.3) is 5.69 Å². The van der Waals surface area contributed by atoms with Crippen molar-refractivity contribution in [3.05, 3.63) is 69.5 Å². The first-order valence-corrected chi connectivity index (χ1v) is 12.4. The Morgan fingerprint density at radius 1 is 1.09 bits per heavy atom. The van der Waals surface area contributed by atoms with Crippen LogP contribution in [0, 0.1) is 5.92 Å². The van der Waals surface area contributed by atoms with E-state index in [0.717, 1.165) is 49.3 Å². The molecule has 176 valence electrons. The van der Waals surface area contributed by atoms with Crippen molar-refractivity contribution in [2.24, 2.45) is 5.92 Å². The minimum Gasteiger partial charge on any atom is -0.478 e. The molecule has 0 unspecified atom stereocenters. The highest BCUT2D eigenvalue weighted by molar-refractivity contribution is 6.37. The Kier molecular flexibility index (Phi) is 5.51. The van der Waals surface area contributed by atoms with Gasteiger partial charge in [-0.15, -0.1) is 5.10 Å². The summed E-state index contributed by atoms with van der Waals surface area (Å²) in [5, 5.41) is 19.1. The summed E-state index contributed by atoms with van der Waals surface area (Å²) in [6.45, 7) is 1.33. The highest BCUT2D eigenvalue weighted by Crippen LogP contribution is 2.44. The molecule has 2 saturated carbocycles. The second kappa shape index (κ2) is 8.56. The lowest BCUT2D eigenvalue weighted by atomic mass is 10.0. The summed E-state index contributed by atoms with van der Waals surface area (Å²) in [5.41, 5.74) is 3.95. The number of ether oxygens (including phenoxy) is 1. The Morgan fingerprint density at radius 3 is 2.44 bits per heavy atom. The number of hydrogen-bond acceptors (Lipinski definition) is 5. The molecule has 34 heavy (non-hydrogen) atoms. The fraction of sp³-hybridized carbons (Fsp3) is 0.400. The molecule has 6 rings (SSSR count). The van der Waals surface area contributed by atoms with Gasteiger partial charge < -0.3 is 14.7 Å². The third-order valence-electron chi connectivity index (χ3n) is 7.26. The molecule has 2 bridgehead atoms. The van der Waals surface area contributed by atoms with Gasteiger partial charge in [-0.3, -0.25) is 0 Å². The van der Waals surface area contributed by atoms with E-state index in [-0.39, 0.29) is 6.10 Å². The number of carboxylic acid groups (broad SMARTS) is 1. The molecular weight excluding hydrogens is 475 g/mol. The van der Waals surface area contributed by atoms with Crippen molar-refractivity contribution in [3.63, 3.8) is 0 Å². The summed E-state index contributed by atoms with van der Waals surface area (Å²) in [4.78, 5) is 13.5. The second-order valence-corrected chi connectivity index (χ2v) is 10.2. The highest BCUT2D eigenvalue weighted by atomic mass is 35.5. The average molecular weight is 499 g/mol. The Bertz CT molecular complexity index is 1220. The van der Waals surface area contributed by atoms with Gasteiger partial charge in [0, 0.05) is 30.1 Å². The largest absolute Gasteiger partial charge is 0.478 e. The number of para-hydroxylation sites is 1. The molecule has 0 amide bonds. The van der Waals surface area contributed by atoms with E-state index in [1.165, 1.54) is 0 Å². The number of halogens is 2. The Morgan fingerprint density at radius 2 is 1.82 bits per heavy atom. The van der Waals surface area contributed by atoms with Crippen LogP contribution in [0.5, 0.6) is 0 Å². The number of nitrogens with zero attached hydrogens (tertiary/aromatic N) is 4. The molecule has 3 aromatic rings. The van der Waals surface area contributed by atoms with E-state index in [0.29, 0.717) is 45.8 Å². The van der Waals surface area contributed by atoms with Gasteiger partial charge in [-0.25, -0.2) is 9.48 Å². The molecule has 0 spiro atoms. The predicted molar refractivity (Wildman–Crippen MR) is 129 cm³/mol. The maximum Gasteiger partial charge on any atom is 0.335 e. The summed E-state index contributed by atoms with van der Waals surface area (Å²) in [6, 6.07) is 13.0. The van der Waals surface area contributed by atoms with Crippen molar-refractivity contribution in [1.82, 2.24) is 15.0 Å². The Labute approximate surface area is 207 Å². The van der Waals surface area contributed by atoms with E-state index in [2.05, 4.69) is 15.2 Å². The molecule has 1 saturated heterocycles. The van der Waals surface area contributed by atoms with Crippen LogP contribution in [-0.2, 0) is 11.3 Å². The number of piperidine rings is 1. The molecule has 1 aliphatic heterocycles. The summed E-state index contributed by atoms with van der Waals surface area (Å²) >= 11 is 12.9. The van der Waals surface area contributed by atoms with Crippen LogP contribution in [0.4, 0.5) is 5.69 Å². The molecule has 2 aliphatic carbocycles. The number of anilines is 1. The summed E-state index contributed by atoms with van der Waals surface area (Å²) in [6.07, 6.45) is 4.42. The molecule has 3 fully saturated rings. The molecule has 7 nitrogen and oxygen atoms in total. The number of rotatable bonds is 7. The van der Waals surface area contributed by atoms with Gasteiger partial charge in [0.15, 0.2) is 0 Å². The highest BCUT2D eigenvalue weighted by Gasteiger charge is 2.45. The third kappa shape index (κ3) is 3.85. The zero-order valence-corrected chi connectivity index (χ0v) is 19.9. The second-order valence-electron chi connectivity index (χ2n) is 9.42. The van der Waals surface area contributed by atoms with Crippen LogP contribution < -0.4 is 4.90 Å². The maximum absolute atomic E-state index is 11.1. The van der Waals surface area contributed by atoms with Gasteiger partial charge in [0.25, 0.3) is 0 Å². The molecule has 2 heterocycles. The maximum atomic E-state index is 11.1. The van der Waals surface area contributed by atoms with E-state index in [4.69, 9.17) is 33.0 Å². The normalized spacial score (nSPS) is 23.6. The van der Waals surface area contributed by atoms with Crippen molar-refractivity contribution in [3.8, 4) is 5.69 Å². The van der Waals surface area contributed by atoms with Gasteiger partial charge in [0.05, 0.1) is 39.7 Å². The molecule has 1 aromatic heterocycles. The minimum absolute atomic E-state index is 0.164. The first-order chi connectivity index (χ1) is 16.5. The Balaban J connectivity index is 1.17. The lowest BCUT2D eigenvalue weighted by Crippen LogP contribution is -2.38. The number of carbonyl (C=O) groups is 1. The van der Waals surface area contributed by atoms with E-state index in [9.17, 15) is 4.79 Å². The Hall–Kier alpha value is -2.61. The van der Waals surface area contributed by atoms with Crippen LogP contribution in [0.3, 0.4) is 0 Å². The molecule has 1 N–H and O–H groups in total. The number of benzene rings is 2. The van der Waals surface area contributed by atoms with Gasteiger partial charge in [-0.2, -0.15) is 0 Å². The van der Waals surface area contributed by atoms with Gasteiger partial charge in [0.2, 0.25) is 0 Å². The first-order valence-electron chi connectivity index (χ1n) is 11.6. The lowest BCUT2D eigenvalue weighted by Gasteiger charge is -2.33. The van der Waals surface area contributed by atoms with Gasteiger partial charge >= 0.3 is 5.97 Å². The number of aromatic carboxylic acids is 1. The fourth-order valence-electron chi connectivity index (χ4n) is 5.40. The fourth-order valence-corrected chi connectivity index (χ4v) is 5.96. The number of fused-ring (bicyclic) bond motifs is 2. The topological polar surface area (TPSA) is 80.5 Å². The third-order valence-corrected chi connectivity index (χ3v) is 7.87. The zero-order chi connectivity index (χ0) is 23.4. The molecule has 0 radical (unpaired) electrons. The van der Waals surface area contributed by atoms with Gasteiger partial charge in [0.1, 0.15) is 5.69 Å². The molecule has 2 aromatic carbocycles. The van der Waals surface area contributed by atoms with Crippen LogP contribution in [0.15, 0.2) is 42.5 Å². The van der Waals surface area contributed by atoms with E-state index >= 15 is 0 Å². The number of aromatic nitrogens is 3. The van der Waals surface area contributed by atoms with E-state index < -0.39 is 5.97 Å². The van der Waals surface area contributed by atoms with Crippen molar-refractivity contribution >= 4 is 34.9 Å². The molecule has 3 atom stereocenters. The lowest BCUT2D eigenvalue weighted by molar-refractivity contribution is 0.00991. The average Bonchev–Trinajstić information content (AvgIpc) is 3.28. The number of carboxylic acids is 1. The van der Waals surface area contributed by atoms with Crippen molar-refractivity contribution in [2.75, 3.05) is 11.4 Å². The van der Waals surface area contributed by atoms with Crippen LogP contribution >= 0.6 is 23.2 Å². The quantitative estimate of drug-likeness (QED) is 0.473. The van der Waals surface area contributed by atoms with Gasteiger partial charge in [-0.05, 0) is 62.1 Å². The van der Waals surface area contributed by atoms with Crippen molar-refractivity contribution in [1.29, 1.82) is 0 Å². The van der Waals surface area contributed by atoms with Crippen LogP contribution in [-0.4, -0.2) is 44.8 Å². The summed E-state index contributed by atoms with van der Waals surface area (Å²) in [7, 11) is 0. The monoisotopic (exact) mass is 498 g/mol. The molecule has 9 heteroatoms. The minimum atomic E-state index is -0.902. The van der Waals surface area contributed by atoms with Crippen molar-refractivity contribution < 1.29 is 14.6 Å². The molecular formula is C25H24Cl2N4O3. The molecule has 3 aliphatic rings. The van der Waals surface area contributed by atoms with Crippen molar-refractivity contribution in [2.45, 2.75) is 50.4 Å². The number of hydrogen-bond donors (Lipinski definition) is 1. The first kappa shape index (κ1) is 21.9.